The molecule has 0 bridgehead atoms. The molecule has 2 fully saturated rings. The molecule has 9 nitrogen and oxygen atoms in total. The smallest absolute Gasteiger partial charge is 0.253 e. The number of piperazine rings is 1. The largest absolute Gasteiger partial charge is 0.370 e. The molecule has 0 unspecified atom stereocenters. The van der Waals surface area contributed by atoms with Crippen molar-refractivity contribution in [1.82, 2.24) is 14.1 Å². The summed E-state index contributed by atoms with van der Waals surface area (Å²) in [7, 11) is -3.76. The zero-order valence-electron chi connectivity index (χ0n) is 19.8. The van der Waals surface area contributed by atoms with Crippen LogP contribution in [0, 0.1) is 11.3 Å². The number of hydrogen-bond donors (Lipinski definition) is 0. The summed E-state index contributed by atoms with van der Waals surface area (Å²) in [5, 5.41) is 9.00. The second kappa shape index (κ2) is 10.5. The first-order valence-corrected chi connectivity index (χ1v) is 13.1. The van der Waals surface area contributed by atoms with E-state index in [1.807, 2.05) is 12.1 Å². The van der Waals surface area contributed by atoms with Crippen LogP contribution in [0.15, 0.2) is 53.4 Å². The fourth-order valence-corrected chi connectivity index (χ4v) is 5.96. The van der Waals surface area contributed by atoms with Crippen molar-refractivity contribution < 1.29 is 18.0 Å². The number of rotatable bonds is 4. The fourth-order valence-electron chi connectivity index (χ4n) is 4.49. The second-order valence-electron chi connectivity index (χ2n) is 8.73. The molecule has 2 heterocycles. The molecule has 0 radical (unpaired) electrons. The average molecular weight is 496 g/mol. The molecule has 0 spiro atoms. The highest BCUT2D eigenvalue weighted by molar-refractivity contribution is 7.89. The highest BCUT2D eigenvalue weighted by atomic mass is 32.2. The zero-order chi connectivity index (χ0) is 25.0. The molecule has 0 atom stereocenters. The normalized spacial score (nSPS) is 17.5. The van der Waals surface area contributed by atoms with E-state index in [4.69, 9.17) is 5.26 Å². The highest BCUT2D eigenvalue weighted by Gasteiger charge is 2.30. The van der Waals surface area contributed by atoms with Crippen molar-refractivity contribution in [2.75, 3.05) is 57.3 Å². The predicted octanol–water partition coefficient (Wildman–Crippen LogP) is 1.76. The lowest BCUT2D eigenvalue weighted by Gasteiger charge is -2.33. The van der Waals surface area contributed by atoms with E-state index in [0.717, 1.165) is 18.7 Å². The second-order valence-corrected chi connectivity index (χ2v) is 10.7. The Balaban J connectivity index is 1.44. The van der Waals surface area contributed by atoms with E-state index in [9.17, 15) is 18.0 Å². The average Bonchev–Trinajstić information content (AvgIpc) is 3.15. The van der Waals surface area contributed by atoms with Gasteiger partial charge in [0, 0.05) is 70.5 Å². The molecule has 2 aromatic rings. The lowest BCUT2D eigenvalue weighted by molar-refractivity contribution is -0.129. The summed E-state index contributed by atoms with van der Waals surface area (Å²) in [5.41, 5.74) is 1.97. The third kappa shape index (κ3) is 5.47. The van der Waals surface area contributed by atoms with Crippen LogP contribution < -0.4 is 4.90 Å². The Morgan fingerprint density at radius 1 is 0.857 bits per heavy atom. The maximum absolute atomic E-state index is 13.3. The van der Waals surface area contributed by atoms with Crippen LogP contribution >= 0.6 is 0 Å². The van der Waals surface area contributed by atoms with Crippen molar-refractivity contribution in [2.45, 2.75) is 18.2 Å². The molecule has 184 valence electrons. The predicted molar refractivity (Wildman–Crippen MR) is 131 cm³/mol. The van der Waals surface area contributed by atoms with Gasteiger partial charge in [-0.05, 0) is 48.9 Å². The number of nitrogens with zero attached hydrogens (tertiary/aromatic N) is 5. The fraction of sp³-hybridized carbons (Fsp3) is 0.400. The minimum absolute atomic E-state index is 0.0650. The summed E-state index contributed by atoms with van der Waals surface area (Å²) >= 11 is 0. The number of amides is 2. The molecule has 0 saturated carbocycles. The van der Waals surface area contributed by atoms with Crippen molar-refractivity contribution in [3.8, 4) is 6.07 Å². The van der Waals surface area contributed by atoms with Crippen molar-refractivity contribution in [3.05, 3.63) is 59.7 Å². The van der Waals surface area contributed by atoms with Crippen LogP contribution in [-0.4, -0.2) is 86.7 Å². The Labute approximate surface area is 206 Å². The van der Waals surface area contributed by atoms with E-state index in [0.29, 0.717) is 43.9 Å². The summed E-state index contributed by atoms with van der Waals surface area (Å²) in [6, 6.07) is 15.8. The number of nitriles is 1. The number of carbonyl (C=O) groups excluding carboxylic acids is 2. The number of benzene rings is 2. The van der Waals surface area contributed by atoms with Gasteiger partial charge in [-0.2, -0.15) is 9.57 Å². The Bertz CT molecular complexity index is 1230. The molecule has 0 aliphatic carbocycles. The first-order valence-electron chi connectivity index (χ1n) is 11.7. The molecule has 2 saturated heterocycles. The highest BCUT2D eigenvalue weighted by Crippen LogP contribution is 2.21. The molecular weight excluding hydrogens is 466 g/mol. The first-order chi connectivity index (χ1) is 16.8. The molecule has 4 rings (SSSR count). The van der Waals surface area contributed by atoms with Gasteiger partial charge in [0.25, 0.3) is 5.91 Å². The van der Waals surface area contributed by atoms with E-state index in [-0.39, 0.29) is 29.8 Å². The minimum atomic E-state index is -3.76. The van der Waals surface area contributed by atoms with Crippen LogP contribution in [0.3, 0.4) is 0 Å². The molecule has 2 amide bonds. The van der Waals surface area contributed by atoms with Crippen molar-refractivity contribution in [2.24, 2.45) is 0 Å². The zero-order valence-corrected chi connectivity index (χ0v) is 20.6. The van der Waals surface area contributed by atoms with E-state index in [2.05, 4.69) is 11.0 Å². The lowest BCUT2D eigenvalue weighted by Crippen LogP contribution is -2.49. The standard InChI is InChI=1S/C25H29N5O4S/c1-20(31)27-14-16-30(17-15-27)35(33,34)24-5-2-4-22(18-24)25(32)29-11-3-10-28(12-13-29)23-8-6-21(19-26)7-9-23/h2,4-9,18H,3,10-17H2,1H3. The number of carbonyl (C=O) groups is 2. The van der Waals surface area contributed by atoms with Crippen molar-refractivity contribution in [1.29, 1.82) is 5.26 Å². The van der Waals surface area contributed by atoms with Crippen LogP contribution in [0.25, 0.3) is 0 Å². The van der Waals surface area contributed by atoms with Gasteiger partial charge in [0.1, 0.15) is 0 Å². The quantitative estimate of drug-likeness (QED) is 0.640. The Hall–Kier alpha value is -3.42. The van der Waals surface area contributed by atoms with Crippen LogP contribution in [-0.2, 0) is 14.8 Å². The Kier molecular flexibility index (Phi) is 7.38. The third-order valence-corrected chi connectivity index (χ3v) is 8.44. The molecule has 0 aromatic heterocycles. The number of anilines is 1. The molecule has 10 heteroatoms. The van der Waals surface area contributed by atoms with E-state index < -0.39 is 10.0 Å². The molecule has 2 aliphatic rings. The monoisotopic (exact) mass is 495 g/mol. The summed E-state index contributed by atoms with van der Waals surface area (Å²) in [4.78, 5) is 30.5. The summed E-state index contributed by atoms with van der Waals surface area (Å²) in [6.07, 6.45) is 0.782. The molecule has 2 aliphatic heterocycles. The SMILES string of the molecule is CC(=O)N1CCN(S(=O)(=O)c2cccc(C(=O)N3CCCN(c4ccc(C#N)cc4)CC3)c2)CC1. The Morgan fingerprint density at radius 2 is 1.54 bits per heavy atom. The number of sulfonamides is 1. The van der Waals surface area contributed by atoms with E-state index in [1.165, 1.54) is 23.4 Å². The van der Waals surface area contributed by atoms with Gasteiger partial charge >= 0.3 is 0 Å². The van der Waals surface area contributed by atoms with Crippen LogP contribution in [0.4, 0.5) is 5.69 Å². The van der Waals surface area contributed by atoms with Gasteiger partial charge in [-0.25, -0.2) is 8.42 Å². The molecule has 35 heavy (non-hydrogen) atoms. The summed E-state index contributed by atoms with van der Waals surface area (Å²) in [6.45, 7) is 5.19. The van der Waals surface area contributed by atoms with Gasteiger partial charge in [0.05, 0.1) is 16.5 Å². The number of hydrogen-bond acceptors (Lipinski definition) is 6. The first kappa shape index (κ1) is 24.7. The third-order valence-electron chi connectivity index (χ3n) is 6.55. The topological polar surface area (TPSA) is 105 Å². The van der Waals surface area contributed by atoms with Gasteiger partial charge in [-0.15, -0.1) is 0 Å². The van der Waals surface area contributed by atoms with E-state index >= 15 is 0 Å². The van der Waals surface area contributed by atoms with Gasteiger partial charge in [0.15, 0.2) is 0 Å². The molecule has 0 N–H and O–H groups in total. The van der Waals surface area contributed by atoms with Gasteiger partial charge in [-0.1, -0.05) is 6.07 Å². The summed E-state index contributed by atoms with van der Waals surface area (Å²) in [5.74, 6) is -0.255. The van der Waals surface area contributed by atoms with Crippen LogP contribution in [0.2, 0.25) is 0 Å². The minimum Gasteiger partial charge on any atom is -0.370 e. The maximum Gasteiger partial charge on any atom is 0.253 e. The van der Waals surface area contributed by atoms with Gasteiger partial charge < -0.3 is 14.7 Å². The lowest BCUT2D eigenvalue weighted by atomic mass is 10.2. The van der Waals surface area contributed by atoms with Crippen molar-refractivity contribution in [3.63, 3.8) is 0 Å². The Morgan fingerprint density at radius 3 is 2.20 bits per heavy atom. The van der Waals surface area contributed by atoms with Gasteiger partial charge in [-0.3, -0.25) is 9.59 Å². The molecule has 2 aromatic carbocycles. The van der Waals surface area contributed by atoms with Gasteiger partial charge in [0.2, 0.25) is 15.9 Å². The van der Waals surface area contributed by atoms with Crippen molar-refractivity contribution >= 4 is 27.5 Å². The van der Waals surface area contributed by atoms with E-state index in [1.54, 1.807) is 34.1 Å². The molecular formula is C25H29N5O4S. The van der Waals surface area contributed by atoms with Crippen LogP contribution in [0.5, 0.6) is 0 Å². The maximum atomic E-state index is 13.3. The van der Waals surface area contributed by atoms with Crippen LogP contribution in [0.1, 0.15) is 29.3 Å². The summed E-state index contributed by atoms with van der Waals surface area (Å²) < 4.78 is 27.7.